The molecule has 0 radical (unpaired) electrons. The Hall–Kier alpha value is -3.33. The molecule has 0 saturated heterocycles. The molecule has 4 aromatic rings. The third-order valence-corrected chi connectivity index (χ3v) is 6.66. The zero-order chi connectivity index (χ0) is 22.5. The SMILES string of the molecule is CS(=O)(=O)c1ccc(-c2ccc3nc4n(c3c2)[C@H](c2ccccc2OC(F)F)CC4)cn1. The highest BCUT2D eigenvalue weighted by Crippen LogP contribution is 2.40. The number of sulfone groups is 1. The van der Waals surface area contributed by atoms with Crippen molar-refractivity contribution in [2.45, 2.75) is 30.5 Å². The highest BCUT2D eigenvalue weighted by atomic mass is 32.2. The normalized spacial score (nSPS) is 15.9. The van der Waals surface area contributed by atoms with Crippen LogP contribution in [0.4, 0.5) is 8.78 Å². The first kappa shape index (κ1) is 20.6. The number of halogens is 2. The quantitative estimate of drug-likeness (QED) is 0.438. The van der Waals surface area contributed by atoms with E-state index in [4.69, 9.17) is 9.72 Å². The number of pyridine rings is 1. The van der Waals surface area contributed by atoms with E-state index in [0.29, 0.717) is 5.56 Å². The molecule has 0 saturated carbocycles. The van der Waals surface area contributed by atoms with Gasteiger partial charge in [-0.3, -0.25) is 0 Å². The second-order valence-electron chi connectivity index (χ2n) is 7.73. The van der Waals surface area contributed by atoms with Crippen LogP contribution >= 0.6 is 0 Å². The Kier molecular flexibility index (Phi) is 4.93. The Labute approximate surface area is 183 Å². The van der Waals surface area contributed by atoms with Crippen molar-refractivity contribution in [3.63, 3.8) is 0 Å². The molecule has 0 bridgehead atoms. The van der Waals surface area contributed by atoms with Crippen molar-refractivity contribution in [2.24, 2.45) is 0 Å². The van der Waals surface area contributed by atoms with Crippen molar-refractivity contribution in [3.05, 3.63) is 72.2 Å². The molecule has 1 aliphatic heterocycles. The zero-order valence-corrected chi connectivity index (χ0v) is 17.9. The van der Waals surface area contributed by atoms with Gasteiger partial charge >= 0.3 is 6.61 Å². The summed E-state index contributed by atoms with van der Waals surface area (Å²) in [6.07, 6.45) is 4.10. The van der Waals surface area contributed by atoms with Crippen LogP contribution in [0, 0.1) is 0 Å². The van der Waals surface area contributed by atoms with Crippen LogP contribution in [0.15, 0.2) is 65.8 Å². The minimum atomic E-state index is -3.38. The van der Waals surface area contributed by atoms with Gasteiger partial charge in [0.1, 0.15) is 11.6 Å². The molecule has 0 fully saturated rings. The Bertz CT molecular complexity index is 1420. The lowest BCUT2D eigenvalue weighted by Gasteiger charge is -2.19. The molecule has 0 aliphatic carbocycles. The van der Waals surface area contributed by atoms with Crippen molar-refractivity contribution in [1.29, 1.82) is 0 Å². The Morgan fingerprint density at radius 2 is 1.88 bits per heavy atom. The zero-order valence-electron chi connectivity index (χ0n) is 17.1. The summed E-state index contributed by atoms with van der Waals surface area (Å²) in [7, 11) is -3.38. The monoisotopic (exact) mass is 455 g/mol. The molecule has 0 N–H and O–H groups in total. The van der Waals surface area contributed by atoms with Crippen LogP contribution in [-0.2, 0) is 16.3 Å². The maximum Gasteiger partial charge on any atom is 0.387 e. The smallest absolute Gasteiger partial charge is 0.387 e. The Morgan fingerprint density at radius 3 is 2.59 bits per heavy atom. The first-order chi connectivity index (χ1) is 15.3. The standard InChI is InChI=1S/C23H19F2N3O3S/c1-32(29,30)22-11-7-15(13-26-22)14-6-8-17-19(12-14)28-18(9-10-21(28)27-17)16-4-2-3-5-20(16)31-23(24)25/h2-8,11-13,18,23H,9-10H2,1H3/t18-/m0/s1. The van der Waals surface area contributed by atoms with Crippen LogP contribution in [0.25, 0.3) is 22.2 Å². The summed E-state index contributed by atoms with van der Waals surface area (Å²) in [5.41, 5.74) is 4.00. The van der Waals surface area contributed by atoms with Gasteiger partial charge in [-0.25, -0.2) is 18.4 Å². The third kappa shape index (κ3) is 3.62. The first-order valence-electron chi connectivity index (χ1n) is 10.0. The lowest BCUT2D eigenvalue weighted by atomic mass is 10.0. The van der Waals surface area contributed by atoms with E-state index in [1.807, 2.05) is 24.3 Å². The number of rotatable bonds is 5. The van der Waals surface area contributed by atoms with Gasteiger partial charge in [-0.15, -0.1) is 0 Å². The van der Waals surface area contributed by atoms with Crippen molar-refractivity contribution >= 4 is 20.9 Å². The van der Waals surface area contributed by atoms with Gasteiger partial charge in [0.2, 0.25) is 0 Å². The van der Waals surface area contributed by atoms with E-state index in [9.17, 15) is 17.2 Å². The molecule has 1 atom stereocenters. The van der Waals surface area contributed by atoms with Crippen LogP contribution in [-0.4, -0.2) is 35.8 Å². The van der Waals surface area contributed by atoms with E-state index in [1.54, 1.807) is 24.3 Å². The van der Waals surface area contributed by atoms with E-state index in [0.717, 1.165) is 47.1 Å². The van der Waals surface area contributed by atoms with Gasteiger partial charge in [0.25, 0.3) is 0 Å². The van der Waals surface area contributed by atoms with Crippen molar-refractivity contribution < 1.29 is 21.9 Å². The summed E-state index contributed by atoms with van der Waals surface area (Å²) in [5.74, 6) is 1.05. The summed E-state index contributed by atoms with van der Waals surface area (Å²) >= 11 is 0. The Morgan fingerprint density at radius 1 is 1.09 bits per heavy atom. The molecule has 164 valence electrons. The van der Waals surface area contributed by atoms with Crippen molar-refractivity contribution in [3.8, 4) is 16.9 Å². The van der Waals surface area contributed by atoms with E-state index >= 15 is 0 Å². The maximum atomic E-state index is 12.9. The molecular formula is C23H19F2N3O3S. The van der Waals surface area contributed by atoms with E-state index in [1.165, 1.54) is 12.3 Å². The van der Waals surface area contributed by atoms with Crippen LogP contribution in [0.2, 0.25) is 0 Å². The fourth-order valence-electron chi connectivity index (χ4n) is 4.27. The second kappa shape index (κ2) is 7.67. The number of benzene rings is 2. The largest absolute Gasteiger partial charge is 0.434 e. The lowest BCUT2D eigenvalue weighted by Crippen LogP contribution is -2.10. The molecule has 5 rings (SSSR count). The topological polar surface area (TPSA) is 74.1 Å². The van der Waals surface area contributed by atoms with Gasteiger partial charge in [-0.1, -0.05) is 24.3 Å². The average Bonchev–Trinajstić information content (AvgIpc) is 3.32. The van der Waals surface area contributed by atoms with Crippen LogP contribution in [0.5, 0.6) is 5.75 Å². The fraction of sp³-hybridized carbons (Fsp3) is 0.217. The van der Waals surface area contributed by atoms with Crippen LogP contribution in [0.3, 0.4) is 0 Å². The average molecular weight is 455 g/mol. The van der Waals surface area contributed by atoms with E-state index in [-0.39, 0.29) is 16.8 Å². The molecule has 2 aromatic heterocycles. The van der Waals surface area contributed by atoms with Crippen molar-refractivity contribution in [1.82, 2.24) is 14.5 Å². The molecular weight excluding hydrogens is 436 g/mol. The Balaban J connectivity index is 1.59. The van der Waals surface area contributed by atoms with Gasteiger partial charge in [0.05, 0.1) is 17.1 Å². The van der Waals surface area contributed by atoms with Gasteiger partial charge < -0.3 is 9.30 Å². The summed E-state index contributed by atoms with van der Waals surface area (Å²) < 4.78 is 56.1. The number of fused-ring (bicyclic) bond motifs is 3. The second-order valence-corrected chi connectivity index (χ2v) is 9.69. The number of imidazole rings is 1. The third-order valence-electron chi connectivity index (χ3n) is 5.66. The number of aromatic nitrogens is 3. The minimum absolute atomic E-state index is 0.0169. The van der Waals surface area contributed by atoms with Crippen molar-refractivity contribution in [2.75, 3.05) is 6.26 Å². The molecule has 0 amide bonds. The number of ether oxygens (including phenoxy) is 1. The number of nitrogens with zero attached hydrogens (tertiary/aromatic N) is 3. The van der Waals surface area contributed by atoms with Gasteiger partial charge in [0.15, 0.2) is 14.9 Å². The summed E-state index contributed by atoms with van der Waals surface area (Å²) in [6.45, 7) is -2.90. The van der Waals surface area contributed by atoms with Gasteiger partial charge in [-0.05, 0) is 42.3 Å². The van der Waals surface area contributed by atoms with Gasteiger partial charge in [-0.2, -0.15) is 8.78 Å². The lowest BCUT2D eigenvalue weighted by molar-refractivity contribution is -0.0506. The molecule has 9 heteroatoms. The molecule has 3 heterocycles. The molecule has 0 unspecified atom stereocenters. The summed E-state index contributed by atoms with van der Waals surface area (Å²) in [5, 5.41) is 0.0169. The number of para-hydroxylation sites is 1. The fourth-order valence-corrected chi connectivity index (χ4v) is 4.83. The van der Waals surface area contributed by atoms with Crippen LogP contribution in [0.1, 0.15) is 23.9 Å². The van der Waals surface area contributed by atoms with Crippen LogP contribution < -0.4 is 4.74 Å². The first-order valence-corrected chi connectivity index (χ1v) is 11.9. The van der Waals surface area contributed by atoms with Gasteiger partial charge in [0, 0.05) is 30.0 Å². The molecule has 6 nitrogen and oxygen atoms in total. The summed E-state index contributed by atoms with van der Waals surface area (Å²) in [4.78, 5) is 8.79. The molecule has 2 aromatic carbocycles. The predicted molar refractivity (Wildman–Crippen MR) is 116 cm³/mol. The number of hydrogen-bond donors (Lipinski definition) is 0. The minimum Gasteiger partial charge on any atom is -0.434 e. The van der Waals surface area contributed by atoms with E-state index in [2.05, 4.69) is 9.55 Å². The predicted octanol–water partition coefficient (Wildman–Crippen LogP) is 4.64. The highest BCUT2D eigenvalue weighted by Gasteiger charge is 2.29. The highest BCUT2D eigenvalue weighted by molar-refractivity contribution is 7.90. The number of aryl methyl sites for hydroxylation is 1. The van der Waals surface area contributed by atoms with E-state index < -0.39 is 16.4 Å². The molecule has 0 spiro atoms. The molecule has 32 heavy (non-hydrogen) atoms. The summed E-state index contributed by atoms with van der Waals surface area (Å²) in [6, 6.07) is 15.7. The molecule has 1 aliphatic rings. The number of alkyl halides is 2. The number of hydrogen-bond acceptors (Lipinski definition) is 5. The maximum absolute atomic E-state index is 12.9.